The third-order valence-corrected chi connectivity index (χ3v) is 13.6. The van der Waals surface area contributed by atoms with Gasteiger partial charge in [0, 0.05) is 40.0 Å². The topological polar surface area (TPSA) is 150 Å². The lowest BCUT2D eigenvalue weighted by atomic mass is 9.50. The summed E-state index contributed by atoms with van der Waals surface area (Å²) in [6, 6.07) is 0. The van der Waals surface area contributed by atoms with Crippen LogP contribution in [0.2, 0.25) is 0 Å². The summed E-state index contributed by atoms with van der Waals surface area (Å²) in [5.41, 5.74) is 2.38. The van der Waals surface area contributed by atoms with Crippen LogP contribution in [0.25, 0.3) is 0 Å². The Hall–Kier alpha value is -3.51. The van der Waals surface area contributed by atoms with Crippen LogP contribution in [0.5, 0.6) is 0 Å². The van der Waals surface area contributed by atoms with E-state index < -0.39 is 60.2 Å². The number of methoxy groups -OCH3 is 1. The monoisotopic (exact) mass is 770 g/mol. The molecule has 0 aromatic rings. The Morgan fingerprint density at radius 3 is 2.02 bits per heavy atom. The van der Waals surface area contributed by atoms with Crippen LogP contribution in [0.1, 0.15) is 114 Å². The van der Waals surface area contributed by atoms with Crippen LogP contribution in [-0.2, 0) is 57.1 Å². The van der Waals surface area contributed by atoms with Crippen molar-refractivity contribution < 1.29 is 57.1 Å². The van der Waals surface area contributed by atoms with Gasteiger partial charge in [-0.3, -0.25) is 19.2 Å². The second kappa shape index (κ2) is 16.5. The zero-order chi connectivity index (χ0) is 40.6. The minimum Gasteiger partial charge on any atom is -0.467 e. The Kier molecular flexibility index (Phi) is 12.8. The van der Waals surface area contributed by atoms with Gasteiger partial charge in [-0.1, -0.05) is 63.1 Å². The van der Waals surface area contributed by atoms with Crippen molar-refractivity contribution in [2.45, 2.75) is 157 Å². The lowest BCUT2D eigenvalue weighted by Crippen LogP contribution is -2.65. The fraction of sp³-hybridized carbons (Fsp3) is 0.744. The molecule has 0 radical (unpaired) electrons. The van der Waals surface area contributed by atoms with Gasteiger partial charge in [-0.05, 0) is 86.9 Å². The summed E-state index contributed by atoms with van der Waals surface area (Å²) < 4.78 is 39.6. The molecule has 12 heteroatoms. The fourth-order valence-electron chi connectivity index (χ4n) is 10.5. The van der Waals surface area contributed by atoms with Gasteiger partial charge in [-0.25, -0.2) is 4.79 Å². The molecular weight excluding hydrogens is 708 g/mol. The molecule has 12 nitrogen and oxygen atoms in total. The number of hydrogen-bond acceptors (Lipinski definition) is 12. The Labute approximate surface area is 326 Å². The van der Waals surface area contributed by atoms with Crippen molar-refractivity contribution in [3.05, 3.63) is 35.5 Å². The minimum atomic E-state index is -1.53. The second-order valence-electron chi connectivity index (χ2n) is 17.5. The molecule has 0 amide bonds. The lowest BCUT2D eigenvalue weighted by Gasteiger charge is -2.55. The molecule has 0 spiro atoms. The van der Waals surface area contributed by atoms with Crippen molar-refractivity contribution in [3.8, 4) is 0 Å². The van der Waals surface area contributed by atoms with Crippen LogP contribution >= 0.6 is 0 Å². The largest absolute Gasteiger partial charge is 0.467 e. The number of carbonyl (C=O) groups is 5. The molecular formula is C43H62O12. The van der Waals surface area contributed by atoms with Crippen molar-refractivity contribution >= 4 is 29.8 Å². The normalized spacial score (nSPS) is 36.8. The van der Waals surface area contributed by atoms with Crippen molar-refractivity contribution in [2.75, 3.05) is 7.11 Å². The number of hydrogen-bond donors (Lipinski definition) is 0. The average Bonchev–Trinajstić information content (AvgIpc) is 3.45. The van der Waals surface area contributed by atoms with Crippen molar-refractivity contribution in [1.29, 1.82) is 0 Å². The molecule has 13 atom stereocenters. The molecule has 5 rings (SSSR count). The predicted octanol–water partition coefficient (Wildman–Crippen LogP) is 6.73. The van der Waals surface area contributed by atoms with E-state index >= 15 is 0 Å². The number of fused-ring (bicyclic) bond motifs is 5. The van der Waals surface area contributed by atoms with Crippen molar-refractivity contribution in [1.82, 2.24) is 0 Å². The molecule has 0 aromatic heterocycles. The van der Waals surface area contributed by atoms with E-state index in [1.807, 2.05) is 20.8 Å². The average molecular weight is 771 g/mol. The number of rotatable bonds is 11. The highest BCUT2D eigenvalue weighted by Gasteiger charge is 2.58. The molecule has 0 N–H and O–H groups in total. The molecule has 0 unspecified atom stereocenters. The van der Waals surface area contributed by atoms with Crippen LogP contribution in [0.4, 0.5) is 0 Å². The molecule has 306 valence electrons. The smallest absolute Gasteiger partial charge is 0.339 e. The predicted molar refractivity (Wildman–Crippen MR) is 201 cm³/mol. The molecule has 1 heterocycles. The molecule has 1 saturated heterocycles. The van der Waals surface area contributed by atoms with Gasteiger partial charge in [-0.15, -0.1) is 0 Å². The van der Waals surface area contributed by atoms with Crippen LogP contribution in [0.3, 0.4) is 0 Å². The van der Waals surface area contributed by atoms with Gasteiger partial charge in [0.25, 0.3) is 0 Å². The first-order valence-corrected chi connectivity index (χ1v) is 19.9. The van der Waals surface area contributed by atoms with Gasteiger partial charge in [0.05, 0.1) is 12.7 Å². The van der Waals surface area contributed by atoms with E-state index in [0.29, 0.717) is 17.8 Å². The summed E-state index contributed by atoms with van der Waals surface area (Å²) in [4.78, 5) is 61.2. The summed E-state index contributed by atoms with van der Waals surface area (Å²) in [7, 11) is 1.15. The Balaban J connectivity index is 1.32. The van der Waals surface area contributed by atoms with Crippen molar-refractivity contribution in [2.24, 2.45) is 40.4 Å². The quantitative estimate of drug-likeness (QED) is 0.125. The first-order valence-electron chi connectivity index (χ1n) is 19.9. The summed E-state index contributed by atoms with van der Waals surface area (Å²) >= 11 is 0. The van der Waals surface area contributed by atoms with E-state index in [1.54, 1.807) is 5.57 Å². The standard InChI is InChI=1S/C43H62O12/c1-23(32-16-17-33-31-15-14-29-22-30(50-25(3)44)18-20-42(29,9)34(31)19-21-43(32,33)10)12-13-24(2)41(7,8)55-40-38(53-28(6)47)36(52-27(5)46)35(51-26(4)45)37(54-40)39(48)49-11/h12-15,23-24,30,32-38,40H,16-22H2,1-11H3/b13-12+/t23-,24+,30+,32-,33+,34+,35+,36+,37+,38-,40+,42+,43-/m1/s1. The molecule has 1 aliphatic heterocycles. The van der Waals surface area contributed by atoms with Gasteiger partial charge in [-0.2, -0.15) is 0 Å². The van der Waals surface area contributed by atoms with E-state index in [1.165, 1.54) is 25.8 Å². The van der Waals surface area contributed by atoms with Gasteiger partial charge < -0.3 is 33.2 Å². The van der Waals surface area contributed by atoms with E-state index in [2.05, 4.69) is 45.1 Å². The highest BCUT2D eigenvalue weighted by atomic mass is 16.7. The zero-order valence-electron chi connectivity index (χ0n) is 34.5. The fourth-order valence-corrected chi connectivity index (χ4v) is 10.5. The maximum atomic E-state index is 12.9. The van der Waals surface area contributed by atoms with Crippen molar-refractivity contribution in [3.63, 3.8) is 0 Å². The van der Waals surface area contributed by atoms with Crippen LogP contribution < -0.4 is 0 Å². The number of carbonyl (C=O) groups excluding carboxylic acids is 5. The minimum absolute atomic E-state index is 0.0264. The van der Waals surface area contributed by atoms with E-state index in [4.69, 9.17) is 33.2 Å². The molecule has 4 fully saturated rings. The van der Waals surface area contributed by atoms with Gasteiger partial charge >= 0.3 is 29.8 Å². The molecule has 0 aromatic carbocycles. The first-order chi connectivity index (χ1) is 25.7. The summed E-state index contributed by atoms with van der Waals surface area (Å²) in [5.74, 6) is -1.66. The molecule has 4 aliphatic carbocycles. The first kappa shape index (κ1) is 42.6. The van der Waals surface area contributed by atoms with Crippen LogP contribution in [-0.4, -0.2) is 79.4 Å². The second-order valence-corrected chi connectivity index (χ2v) is 17.5. The third kappa shape index (κ3) is 8.75. The van der Waals surface area contributed by atoms with E-state index in [9.17, 15) is 24.0 Å². The SMILES string of the molecule is COC(=O)[C@H]1O[C@@H](OC(C)(C)[C@@H](C)/C=C/[C@@H](C)[C@H]2CC[C@H]3C4=CC=C5C[C@@H](OC(C)=O)CC[C@]5(C)[C@H]4CC[C@]23C)[C@H](OC(C)=O)[C@@H](OC(C)=O)[C@@H]1OC(C)=O. The highest BCUT2D eigenvalue weighted by molar-refractivity contribution is 5.77. The highest BCUT2D eigenvalue weighted by Crippen LogP contribution is 2.66. The van der Waals surface area contributed by atoms with Crippen LogP contribution in [0, 0.1) is 40.4 Å². The maximum Gasteiger partial charge on any atom is 0.339 e. The number of esters is 5. The summed E-state index contributed by atoms with van der Waals surface area (Å²) in [6.45, 7) is 18.0. The molecule has 0 bridgehead atoms. The van der Waals surface area contributed by atoms with Gasteiger partial charge in [0.2, 0.25) is 0 Å². The maximum absolute atomic E-state index is 12.9. The Bertz CT molecular complexity index is 1590. The number of ether oxygens (including phenoxy) is 7. The third-order valence-electron chi connectivity index (χ3n) is 13.6. The zero-order valence-corrected chi connectivity index (χ0v) is 34.5. The van der Waals surface area contributed by atoms with Gasteiger partial charge in [0.1, 0.15) is 6.10 Å². The summed E-state index contributed by atoms with van der Waals surface area (Å²) in [5, 5.41) is 0. The summed E-state index contributed by atoms with van der Waals surface area (Å²) in [6.07, 6.45) is 9.41. The Morgan fingerprint density at radius 2 is 1.40 bits per heavy atom. The number of allylic oxidation sites excluding steroid dienone is 4. The van der Waals surface area contributed by atoms with Crippen LogP contribution in [0.15, 0.2) is 35.5 Å². The molecule has 55 heavy (non-hydrogen) atoms. The molecule has 3 saturated carbocycles. The van der Waals surface area contributed by atoms with Gasteiger partial charge in [0.15, 0.2) is 30.7 Å². The van der Waals surface area contributed by atoms with E-state index in [-0.39, 0.29) is 34.7 Å². The molecule has 5 aliphatic rings. The Morgan fingerprint density at radius 1 is 0.782 bits per heavy atom. The lowest BCUT2D eigenvalue weighted by molar-refractivity contribution is -0.324. The van der Waals surface area contributed by atoms with E-state index in [0.717, 1.165) is 59.5 Å².